The average molecular weight is 469 g/mol. The van der Waals surface area contributed by atoms with E-state index in [1.165, 1.54) is 0 Å². The minimum atomic E-state index is -0.0126. The van der Waals surface area contributed by atoms with E-state index < -0.39 is 0 Å². The van der Waals surface area contributed by atoms with Crippen LogP contribution in [0.5, 0.6) is 0 Å². The van der Waals surface area contributed by atoms with Crippen molar-refractivity contribution in [3.05, 3.63) is 0 Å². The Labute approximate surface area is 167 Å². The predicted octanol–water partition coefficient (Wildman–Crippen LogP) is -0.261. The van der Waals surface area contributed by atoms with Gasteiger partial charge in [-0.25, -0.2) is 4.99 Å². The highest BCUT2D eigenvalue weighted by molar-refractivity contribution is 14.0. The van der Waals surface area contributed by atoms with Crippen molar-refractivity contribution in [3.8, 4) is 0 Å². The van der Waals surface area contributed by atoms with Gasteiger partial charge in [-0.1, -0.05) is 0 Å². The lowest BCUT2D eigenvalue weighted by atomic mass is 10.2. The number of nitrogens with zero attached hydrogens (tertiary/aromatic N) is 3. The fourth-order valence-electron chi connectivity index (χ4n) is 2.64. The molecule has 2 aliphatic heterocycles. The minimum absolute atomic E-state index is 0. The molecule has 2 aliphatic rings. The van der Waals surface area contributed by atoms with Crippen LogP contribution in [0.1, 0.15) is 12.8 Å². The summed E-state index contributed by atoms with van der Waals surface area (Å²) in [7, 11) is 3.48. The summed E-state index contributed by atoms with van der Waals surface area (Å²) in [5.74, 6) is 0.662. The van der Waals surface area contributed by atoms with Gasteiger partial charge >= 0.3 is 0 Å². The van der Waals surface area contributed by atoms with Crippen LogP contribution in [-0.2, 0) is 14.3 Å². The summed E-state index contributed by atoms with van der Waals surface area (Å²) in [4.78, 5) is 20.0. The molecule has 2 fully saturated rings. The van der Waals surface area contributed by atoms with Crippen molar-refractivity contribution >= 4 is 35.8 Å². The highest BCUT2D eigenvalue weighted by atomic mass is 127. The van der Waals surface area contributed by atoms with Gasteiger partial charge in [-0.2, -0.15) is 0 Å². The first-order chi connectivity index (χ1) is 11.6. The van der Waals surface area contributed by atoms with Crippen molar-refractivity contribution in [1.82, 2.24) is 20.4 Å². The van der Waals surface area contributed by atoms with Crippen LogP contribution in [0.25, 0.3) is 0 Å². The highest BCUT2D eigenvalue weighted by Gasteiger charge is 2.16. The predicted molar refractivity (Wildman–Crippen MR) is 109 cm³/mol. The Bertz CT molecular complexity index is 411. The van der Waals surface area contributed by atoms with Crippen molar-refractivity contribution in [2.45, 2.75) is 18.9 Å². The van der Waals surface area contributed by atoms with Crippen molar-refractivity contribution in [2.75, 3.05) is 73.2 Å². The zero-order chi connectivity index (χ0) is 17.2. The first-order valence-electron chi connectivity index (χ1n) is 8.79. The molecule has 25 heavy (non-hydrogen) atoms. The van der Waals surface area contributed by atoms with E-state index in [0.717, 1.165) is 65.4 Å². The molecule has 0 saturated carbocycles. The topological polar surface area (TPSA) is 78.4 Å². The lowest BCUT2D eigenvalue weighted by molar-refractivity contribution is -0.127. The molecule has 0 aromatic carbocycles. The number of likely N-dealkylation sites (N-methyl/N-ethyl adjacent to an activating group) is 1. The van der Waals surface area contributed by atoms with Crippen LogP contribution in [0.3, 0.4) is 0 Å². The number of hydrogen-bond donors (Lipinski definition) is 2. The maximum Gasteiger partial charge on any atom is 0.243 e. The van der Waals surface area contributed by atoms with E-state index in [-0.39, 0.29) is 42.5 Å². The van der Waals surface area contributed by atoms with Crippen LogP contribution in [0.15, 0.2) is 4.99 Å². The highest BCUT2D eigenvalue weighted by Crippen LogP contribution is 2.10. The lowest BCUT2D eigenvalue weighted by Crippen LogP contribution is -2.46. The smallest absolute Gasteiger partial charge is 0.243 e. The molecule has 2 heterocycles. The van der Waals surface area contributed by atoms with Crippen molar-refractivity contribution in [1.29, 1.82) is 0 Å². The molecule has 2 saturated heterocycles. The molecule has 1 amide bonds. The molecule has 146 valence electrons. The molecule has 0 spiro atoms. The number of rotatable bonds is 7. The Morgan fingerprint density at radius 2 is 2.00 bits per heavy atom. The van der Waals surface area contributed by atoms with E-state index in [4.69, 9.17) is 9.47 Å². The summed E-state index contributed by atoms with van der Waals surface area (Å²) in [6.45, 7) is 6.96. The monoisotopic (exact) mass is 469 g/mol. The van der Waals surface area contributed by atoms with Gasteiger partial charge < -0.3 is 25.0 Å². The molecule has 1 atom stereocenters. The SMILES string of the molecule is CN(C)C(=O)CN=C(NCCN1CCOCC1)NCC1CCCO1.I. The van der Waals surface area contributed by atoms with Crippen LogP contribution in [0.4, 0.5) is 0 Å². The maximum absolute atomic E-state index is 11.7. The van der Waals surface area contributed by atoms with E-state index in [0.29, 0.717) is 5.96 Å². The van der Waals surface area contributed by atoms with Crippen molar-refractivity contribution in [2.24, 2.45) is 4.99 Å². The number of hydrogen-bond acceptors (Lipinski definition) is 5. The minimum Gasteiger partial charge on any atom is -0.379 e. The Kier molecular flexibility index (Phi) is 11.3. The fourth-order valence-corrected chi connectivity index (χ4v) is 2.64. The largest absolute Gasteiger partial charge is 0.379 e. The maximum atomic E-state index is 11.7. The van der Waals surface area contributed by atoms with Crippen molar-refractivity contribution in [3.63, 3.8) is 0 Å². The molecule has 9 heteroatoms. The number of ether oxygens (including phenoxy) is 2. The van der Waals surface area contributed by atoms with Gasteiger partial charge in [0.2, 0.25) is 5.91 Å². The number of guanidine groups is 1. The van der Waals surface area contributed by atoms with Gasteiger partial charge in [-0.3, -0.25) is 9.69 Å². The molecule has 1 unspecified atom stereocenters. The molecule has 2 rings (SSSR count). The summed E-state index contributed by atoms with van der Waals surface area (Å²) in [6, 6.07) is 0. The second-order valence-electron chi connectivity index (χ2n) is 6.35. The Hall–Kier alpha value is -0.650. The number of morpholine rings is 1. The number of carbonyl (C=O) groups is 1. The number of carbonyl (C=O) groups excluding carboxylic acids is 1. The van der Waals surface area contributed by atoms with Crippen LogP contribution in [-0.4, -0.2) is 101 Å². The van der Waals surface area contributed by atoms with Gasteiger partial charge in [-0.05, 0) is 12.8 Å². The molecule has 2 N–H and O–H groups in total. The molecule has 0 aliphatic carbocycles. The molecule has 0 aromatic heterocycles. The lowest BCUT2D eigenvalue weighted by Gasteiger charge is -2.27. The summed E-state index contributed by atoms with van der Waals surface area (Å²) in [5, 5.41) is 6.61. The normalized spacial score (nSPS) is 21.5. The zero-order valence-electron chi connectivity index (χ0n) is 15.3. The second-order valence-corrected chi connectivity index (χ2v) is 6.35. The van der Waals surface area contributed by atoms with E-state index >= 15 is 0 Å². The van der Waals surface area contributed by atoms with Gasteiger partial charge in [0.05, 0.1) is 19.3 Å². The van der Waals surface area contributed by atoms with E-state index in [1.54, 1.807) is 19.0 Å². The van der Waals surface area contributed by atoms with Crippen LogP contribution in [0.2, 0.25) is 0 Å². The van der Waals surface area contributed by atoms with Gasteiger partial charge in [0.25, 0.3) is 0 Å². The van der Waals surface area contributed by atoms with Gasteiger partial charge in [0, 0.05) is 53.4 Å². The number of amides is 1. The quantitative estimate of drug-likeness (QED) is 0.304. The van der Waals surface area contributed by atoms with Gasteiger partial charge in [0.1, 0.15) is 6.54 Å². The molecule has 0 aromatic rings. The summed E-state index contributed by atoms with van der Waals surface area (Å²) in [6.07, 6.45) is 2.42. The molecule has 0 bridgehead atoms. The molecular weight excluding hydrogens is 437 g/mol. The Morgan fingerprint density at radius 3 is 2.64 bits per heavy atom. The molecule has 8 nitrogen and oxygen atoms in total. The fraction of sp³-hybridized carbons (Fsp3) is 0.875. The molecule has 0 radical (unpaired) electrons. The van der Waals surface area contributed by atoms with E-state index in [1.807, 2.05) is 0 Å². The zero-order valence-corrected chi connectivity index (χ0v) is 17.7. The van der Waals surface area contributed by atoms with Crippen LogP contribution >= 0.6 is 24.0 Å². The van der Waals surface area contributed by atoms with Crippen LogP contribution < -0.4 is 10.6 Å². The van der Waals surface area contributed by atoms with E-state index in [2.05, 4.69) is 20.5 Å². The van der Waals surface area contributed by atoms with Gasteiger partial charge in [0.15, 0.2) is 5.96 Å². The number of aliphatic imine (C=N–C) groups is 1. The van der Waals surface area contributed by atoms with E-state index in [9.17, 15) is 4.79 Å². The third kappa shape index (κ3) is 9.02. The summed E-state index contributed by atoms with van der Waals surface area (Å²) < 4.78 is 11.0. The summed E-state index contributed by atoms with van der Waals surface area (Å²) >= 11 is 0. The van der Waals surface area contributed by atoms with Crippen molar-refractivity contribution < 1.29 is 14.3 Å². The first kappa shape index (κ1) is 22.4. The number of halogens is 1. The third-order valence-corrected chi connectivity index (χ3v) is 4.22. The number of nitrogens with one attached hydrogen (secondary N) is 2. The second kappa shape index (κ2) is 12.7. The van der Waals surface area contributed by atoms with Gasteiger partial charge in [-0.15, -0.1) is 24.0 Å². The summed E-state index contributed by atoms with van der Waals surface area (Å²) in [5.41, 5.74) is 0. The Balaban J connectivity index is 0.00000312. The Morgan fingerprint density at radius 1 is 1.24 bits per heavy atom. The van der Waals surface area contributed by atoms with Crippen LogP contribution in [0, 0.1) is 0 Å². The first-order valence-corrected chi connectivity index (χ1v) is 8.79. The average Bonchev–Trinajstić information content (AvgIpc) is 3.10. The molecular formula is C16H32IN5O3. The standard InChI is InChI=1S/C16H31N5O3.HI/c1-20(2)15(22)13-19-16(18-12-14-4-3-9-24-14)17-5-6-21-7-10-23-11-8-21;/h14H,3-13H2,1-2H3,(H2,17,18,19);1H. The third-order valence-electron chi connectivity index (χ3n) is 4.22.